The number of aromatic amines is 1. The number of likely N-dealkylation sites (tertiary alicyclic amines) is 1. The Morgan fingerprint density at radius 1 is 1.25 bits per heavy atom. The molecule has 0 saturated carbocycles. The highest BCUT2D eigenvalue weighted by molar-refractivity contribution is 5.93. The Balaban J connectivity index is 1.43. The fourth-order valence-corrected chi connectivity index (χ4v) is 4.04. The number of H-pyrrole nitrogens is 1. The number of amides is 1. The lowest BCUT2D eigenvalue weighted by molar-refractivity contribution is 0.0710. The van der Waals surface area contributed by atoms with Crippen LogP contribution in [0.1, 0.15) is 66.1 Å². The number of aromatic nitrogens is 4. The molecule has 8 heteroatoms. The summed E-state index contributed by atoms with van der Waals surface area (Å²) >= 11 is 0. The van der Waals surface area contributed by atoms with Crippen LogP contribution in [0.4, 0.5) is 0 Å². The van der Waals surface area contributed by atoms with Gasteiger partial charge in [0, 0.05) is 50.8 Å². The summed E-state index contributed by atoms with van der Waals surface area (Å²) in [6.45, 7) is 7.00. The first-order chi connectivity index (χ1) is 13.4. The van der Waals surface area contributed by atoms with Gasteiger partial charge in [0.25, 0.3) is 11.5 Å². The maximum absolute atomic E-state index is 12.7. The van der Waals surface area contributed by atoms with Crippen LogP contribution in [0.2, 0.25) is 0 Å². The van der Waals surface area contributed by atoms with Crippen molar-refractivity contribution in [1.29, 1.82) is 0 Å². The molecule has 28 heavy (non-hydrogen) atoms. The molecule has 1 amide bonds. The Labute approximate surface area is 164 Å². The highest BCUT2D eigenvalue weighted by atomic mass is 16.2. The molecule has 0 unspecified atom stereocenters. The van der Waals surface area contributed by atoms with E-state index in [1.807, 2.05) is 32.0 Å². The average molecular weight is 384 g/mol. The van der Waals surface area contributed by atoms with Gasteiger partial charge in [-0.1, -0.05) is 0 Å². The molecular weight excluding hydrogens is 356 g/mol. The molecule has 2 aliphatic heterocycles. The van der Waals surface area contributed by atoms with Crippen molar-refractivity contribution < 1.29 is 4.79 Å². The second-order valence-corrected chi connectivity index (χ2v) is 8.23. The van der Waals surface area contributed by atoms with Crippen molar-refractivity contribution in [2.45, 2.75) is 51.6 Å². The third kappa shape index (κ3) is 3.61. The first kappa shape index (κ1) is 18.9. The molecule has 2 aromatic heterocycles. The van der Waals surface area contributed by atoms with Gasteiger partial charge < -0.3 is 14.8 Å². The summed E-state index contributed by atoms with van der Waals surface area (Å²) in [5.41, 5.74) is 2.37. The number of carbonyl (C=O) groups is 1. The Kier molecular flexibility index (Phi) is 5.05. The number of carbonyl (C=O) groups excluding carboxylic acids is 1. The number of rotatable bonds is 3. The smallest absolute Gasteiger partial charge is 0.257 e. The minimum Gasteiger partial charge on any atom is -0.339 e. The van der Waals surface area contributed by atoms with Crippen molar-refractivity contribution in [2.75, 3.05) is 26.7 Å². The van der Waals surface area contributed by atoms with E-state index in [2.05, 4.69) is 15.0 Å². The summed E-state index contributed by atoms with van der Waals surface area (Å²) < 4.78 is 1.80. The van der Waals surface area contributed by atoms with Crippen LogP contribution in [0.15, 0.2) is 17.2 Å². The van der Waals surface area contributed by atoms with E-state index in [1.165, 1.54) is 0 Å². The van der Waals surface area contributed by atoms with Gasteiger partial charge >= 0.3 is 0 Å². The largest absolute Gasteiger partial charge is 0.339 e. The molecule has 0 atom stereocenters. The van der Waals surface area contributed by atoms with E-state index in [1.54, 1.807) is 10.9 Å². The van der Waals surface area contributed by atoms with Crippen LogP contribution in [-0.2, 0) is 13.0 Å². The highest BCUT2D eigenvalue weighted by Crippen LogP contribution is 2.27. The molecule has 150 valence electrons. The van der Waals surface area contributed by atoms with E-state index in [0.717, 1.165) is 42.9 Å². The third-order valence-corrected chi connectivity index (χ3v) is 5.82. The maximum atomic E-state index is 12.7. The Morgan fingerprint density at radius 3 is 2.68 bits per heavy atom. The third-order valence-electron chi connectivity index (χ3n) is 5.82. The number of likely N-dealkylation sites (N-methyl/N-ethyl adjacent to an activating group) is 1. The zero-order chi connectivity index (χ0) is 19.8. The van der Waals surface area contributed by atoms with Gasteiger partial charge in [0.05, 0.1) is 23.0 Å². The summed E-state index contributed by atoms with van der Waals surface area (Å²) in [6, 6.07) is 0.235. The quantitative estimate of drug-likeness (QED) is 0.868. The summed E-state index contributed by atoms with van der Waals surface area (Å²) in [4.78, 5) is 37.1. The lowest BCUT2D eigenvalue weighted by Crippen LogP contribution is -2.39. The van der Waals surface area contributed by atoms with E-state index in [9.17, 15) is 9.59 Å². The van der Waals surface area contributed by atoms with E-state index < -0.39 is 0 Å². The van der Waals surface area contributed by atoms with Gasteiger partial charge in [-0.15, -0.1) is 0 Å². The number of nitrogens with one attached hydrogen (secondary N) is 1. The molecule has 2 aromatic rings. The van der Waals surface area contributed by atoms with Crippen LogP contribution < -0.4 is 5.56 Å². The molecule has 0 aromatic carbocycles. The van der Waals surface area contributed by atoms with Gasteiger partial charge in [0.2, 0.25) is 0 Å². The lowest BCUT2D eigenvalue weighted by atomic mass is 9.95. The molecule has 1 N–H and O–H groups in total. The Hall–Kier alpha value is -2.48. The summed E-state index contributed by atoms with van der Waals surface area (Å²) in [7, 11) is 2.02. The molecule has 2 aliphatic rings. The van der Waals surface area contributed by atoms with E-state index in [4.69, 9.17) is 4.98 Å². The predicted molar refractivity (Wildman–Crippen MR) is 105 cm³/mol. The van der Waals surface area contributed by atoms with E-state index in [0.29, 0.717) is 25.2 Å². The topological polar surface area (TPSA) is 87.1 Å². The highest BCUT2D eigenvalue weighted by Gasteiger charge is 2.28. The summed E-state index contributed by atoms with van der Waals surface area (Å²) in [5.74, 6) is 1.01. The van der Waals surface area contributed by atoms with Crippen molar-refractivity contribution in [3.05, 3.63) is 45.4 Å². The van der Waals surface area contributed by atoms with Crippen molar-refractivity contribution in [3.8, 4) is 0 Å². The van der Waals surface area contributed by atoms with Crippen LogP contribution in [0.3, 0.4) is 0 Å². The van der Waals surface area contributed by atoms with Gasteiger partial charge in [-0.3, -0.25) is 14.3 Å². The summed E-state index contributed by atoms with van der Waals surface area (Å²) in [6.07, 6.45) is 5.91. The number of fused-ring (bicyclic) bond motifs is 1. The van der Waals surface area contributed by atoms with Crippen LogP contribution in [0.25, 0.3) is 0 Å². The minimum atomic E-state index is -0.00819. The van der Waals surface area contributed by atoms with Gasteiger partial charge in [-0.2, -0.15) is 5.10 Å². The van der Waals surface area contributed by atoms with E-state index >= 15 is 0 Å². The summed E-state index contributed by atoms with van der Waals surface area (Å²) in [5, 5.41) is 4.27. The Morgan fingerprint density at radius 2 is 2.00 bits per heavy atom. The van der Waals surface area contributed by atoms with Crippen molar-refractivity contribution in [2.24, 2.45) is 0 Å². The number of nitrogens with zero attached hydrogens (tertiary/aromatic N) is 5. The maximum Gasteiger partial charge on any atom is 0.257 e. The predicted octanol–water partition coefficient (Wildman–Crippen LogP) is 1.55. The number of hydrogen-bond acceptors (Lipinski definition) is 5. The van der Waals surface area contributed by atoms with Gasteiger partial charge in [-0.25, -0.2) is 4.98 Å². The monoisotopic (exact) mass is 384 g/mol. The molecule has 1 fully saturated rings. The Bertz CT molecular complexity index is 923. The average Bonchev–Trinajstić information content (AvgIpc) is 3.18. The molecule has 0 radical (unpaired) electrons. The normalized spacial score (nSPS) is 18.5. The van der Waals surface area contributed by atoms with Crippen LogP contribution in [0, 0.1) is 0 Å². The first-order valence-electron chi connectivity index (χ1n) is 10.1. The SMILES string of the molecule is CC(C)n1cc(C(=O)N2CCC(c3nc4c(c(=O)[nH]3)CN(C)CC4)CC2)cn1. The molecule has 4 rings (SSSR count). The molecule has 0 spiro atoms. The first-order valence-corrected chi connectivity index (χ1v) is 10.1. The van der Waals surface area contributed by atoms with Crippen LogP contribution in [0.5, 0.6) is 0 Å². The van der Waals surface area contributed by atoms with Crippen molar-refractivity contribution in [1.82, 2.24) is 29.5 Å². The van der Waals surface area contributed by atoms with Gasteiger partial charge in [0.15, 0.2) is 0 Å². The minimum absolute atomic E-state index is 0.00819. The van der Waals surface area contributed by atoms with E-state index in [-0.39, 0.29) is 23.4 Å². The second-order valence-electron chi connectivity index (χ2n) is 8.23. The molecule has 8 nitrogen and oxygen atoms in total. The molecule has 0 bridgehead atoms. The molecule has 4 heterocycles. The van der Waals surface area contributed by atoms with Crippen LogP contribution in [-0.4, -0.2) is 62.1 Å². The second kappa shape index (κ2) is 7.50. The lowest BCUT2D eigenvalue weighted by Gasteiger charge is -2.32. The number of hydrogen-bond donors (Lipinski definition) is 1. The number of piperidine rings is 1. The van der Waals surface area contributed by atoms with Crippen molar-refractivity contribution in [3.63, 3.8) is 0 Å². The fraction of sp³-hybridized carbons (Fsp3) is 0.600. The molecule has 1 saturated heterocycles. The van der Waals surface area contributed by atoms with Gasteiger partial charge in [-0.05, 0) is 33.7 Å². The molecular formula is C20H28N6O2. The van der Waals surface area contributed by atoms with Crippen LogP contribution >= 0.6 is 0 Å². The zero-order valence-corrected chi connectivity index (χ0v) is 16.8. The standard InChI is InChI=1S/C20H28N6O2/c1-13(2)26-11-15(10-21-26)20(28)25-8-4-14(5-9-25)18-22-17-6-7-24(3)12-16(17)19(27)23-18/h10-11,13-14H,4-9,12H2,1-3H3,(H,22,23,27). The van der Waals surface area contributed by atoms with Gasteiger partial charge in [0.1, 0.15) is 5.82 Å². The van der Waals surface area contributed by atoms with Crippen molar-refractivity contribution >= 4 is 5.91 Å². The zero-order valence-electron chi connectivity index (χ0n) is 16.8. The fourth-order valence-electron chi connectivity index (χ4n) is 4.04. The molecule has 0 aliphatic carbocycles.